The van der Waals surface area contributed by atoms with E-state index in [1.54, 1.807) is 0 Å². The van der Waals surface area contributed by atoms with Crippen LogP contribution in [0.2, 0.25) is 0 Å². The predicted octanol–water partition coefficient (Wildman–Crippen LogP) is 13.5. The molecular formula is C35H56Cl2NPTi-2. The van der Waals surface area contributed by atoms with Crippen molar-refractivity contribution in [1.29, 1.82) is 0 Å². The Bertz CT molecular complexity index is 1070. The molecule has 0 bridgehead atoms. The van der Waals surface area contributed by atoms with E-state index in [-0.39, 0.29) is 34.2 Å². The average Bonchev–Trinajstić information content (AvgIpc) is 3.46. The quantitative estimate of drug-likeness (QED) is 0.168. The second-order valence-electron chi connectivity index (χ2n) is 15.4. The van der Waals surface area contributed by atoms with Gasteiger partial charge < -0.3 is 12.6 Å². The SMILES string of the molecule is C1CCCC1.CC(C)(C)c1ccc2c(c1)C(P(=[N-])(C(C)(C)C)C(C)(C)C)c1cc(C(C)(C)C)ccc1-2.[CH3-].[Cl][Ti][Cl]. The van der Waals surface area contributed by atoms with Crippen molar-refractivity contribution in [3.8, 4) is 11.1 Å². The van der Waals surface area contributed by atoms with Crippen LogP contribution in [0.1, 0.15) is 143 Å². The van der Waals surface area contributed by atoms with Crippen LogP contribution in [-0.2, 0) is 27.9 Å². The molecule has 226 valence electrons. The minimum absolute atomic E-state index is 0. The van der Waals surface area contributed by atoms with Gasteiger partial charge in [0.15, 0.2) is 0 Å². The molecule has 1 saturated carbocycles. The minimum atomic E-state index is -2.49. The summed E-state index contributed by atoms with van der Waals surface area (Å²) in [5.41, 5.74) is 8.14. The van der Waals surface area contributed by atoms with E-state index in [4.69, 9.17) is 18.6 Å². The molecule has 4 rings (SSSR count). The van der Waals surface area contributed by atoms with Gasteiger partial charge in [0, 0.05) is 5.66 Å². The molecule has 0 heterocycles. The first-order valence-corrected chi connectivity index (χ1v) is 20.7. The van der Waals surface area contributed by atoms with Crippen molar-refractivity contribution < 1.29 is 17.0 Å². The van der Waals surface area contributed by atoms with Gasteiger partial charge in [0.1, 0.15) is 0 Å². The molecule has 1 nitrogen and oxygen atoms in total. The van der Waals surface area contributed by atoms with Crippen LogP contribution in [0.4, 0.5) is 0 Å². The van der Waals surface area contributed by atoms with Crippen molar-refractivity contribution in [1.82, 2.24) is 0 Å². The number of fused-ring (bicyclic) bond motifs is 3. The molecule has 1 fully saturated rings. The normalized spacial score (nSPS) is 15.6. The molecule has 0 aliphatic heterocycles. The van der Waals surface area contributed by atoms with Gasteiger partial charge in [0.2, 0.25) is 0 Å². The van der Waals surface area contributed by atoms with Crippen LogP contribution in [0.5, 0.6) is 0 Å². The zero-order chi connectivity index (χ0) is 30.0. The van der Waals surface area contributed by atoms with Crippen molar-refractivity contribution in [3.63, 3.8) is 0 Å². The zero-order valence-electron chi connectivity index (χ0n) is 27.7. The van der Waals surface area contributed by atoms with Gasteiger partial charge in [-0.1, -0.05) is 152 Å². The van der Waals surface area contributed by atoms with Crippen LogP contribution >= 0.6 is 25.7 Å². The number of hydrogen-bond donors (Lipinski definition) is 0. The van der Waals surface area contributed by atoms with Gasteiger partial charge in [-0.2, -0.15) is 0 Å². The standard InChI is InChI=1S/C29H43NP.C5H10.CH3.2ClH.Ti/c1-26(2,3)19-13-15-21-22-16-14-20(27(4,5)6)18-24(22)25(23(21)17-19)31(30,28(7,8)9)29(10,11)12;1-2-4-5-3-1;;;;/h13-18,25H,1-12H3;1-5H2;1H3;2*1H;/q-1;;-1;;;+2/p-2. The van der Waals surface area contributed by atoms with Gasteiger partial charge in [-0.15, -0.1) is 0 Å². The average molecular weight is 641 g/mol. The summed E-state index contributed by atoms with van der Waals surface area (Å²) in [7, 11) is 7.28. The molecule has 2 aromatic rings. The van der Waals surface area contributed by atoms with Gasteiger partial charge in [-0.05, 0) is 54.5 Å². The van der Waals surface area contributed by atoms with Gasteiger partial charge in [-0.3, -0.25) is 0 Å². The molecule has 0 amide bonds. The third-order valence-corrected chi connectivity index (χ3v) is 13.8. The van der Waals surface area contributed by atoms with Gasteiger partial charge >= 0.3 is 35.6 Å². The fourth-order valence-corrected chi connectivity index (χ4v) is 11.0. The number of nitrogens with zero attached hydrogens (tertiary/aromatic N) is 1. The molecule has 5 heteroatoms. The molecule has 2 aliphatic rings. The summed E-state index contributed by atoms with van der Waals surface area (Å²) in [5, 5.41) is 12.4. The molecule has 0 unspecified atom stereocenters. The molecule has 0 spiro atoms. The molecular weight excluding hydrogens is 584 g/mol. The summed E-state index contributed by atoms with van der Waals surface area (Å²) in [6.07, 6.45) is 7.50. The first kappa shape index (κ1) is 38.0. The van der Waals surface area contributed by atoms with E-state index in [9.17, 15) is 5.16 Å². The number of benzene rings is 2. The van der Waals surface area contributed by atoms with E-state index < -0.39 is 24.1 Å². The Labute approximate surface area is 265 Å². The topological polar surface area (TPSA) is 22.3 Å². The van der Waals surface area contributed by atoms with Crippen molar-refractivity contribution >= 4 is 25.7 Å². The molecule has 2 aromatic carbocycles. The summed E-state index contributed by atoms with van der Waals surface area (Å²) in [6, 6.07) is 14.0. The Morgan fingerprint density at radius 1 is 0.625 bits per heavy atom. The number of halogens is 2. The second kappa shape index (κ2) is 14.2. The summed E-state index contributed by atoms with van der Waals surface area (Å²) in [5.74, 6) is 0. The fourth-order valence-electron chi connectivity index (χ4n) is 6.24. The molecule has 0 atom stereocenters. The van der Waals surface area contributed by atoms with Gasteiger partial charge in [-0.25, -0.2) is 7.05 Å². The summed E-state index contributed by atoms with van der Waals surface area (Å²) < 4.78 is 0. The molecule has 40 heavy (non-hydrogen) atoms. The summed E-state index contributed by atoms with van der Waals surface area (Å²) >= 11 is -0.556. The number of hydrogen-bond acceptors (Lipinski definition) is 0. The zero-order valence-corrected chi connectivity index (χ0v) is 31.7. The predicted molar refractivity (Wildman–Crippen MR) is 182 cm³/mol. The Balaban J connectivity index is 0.000000773. The van der Waals surface area contributed by atoms with Crippen LogP contribution in [0.3, 0.4) is 0 Å². The van der Waals surface area contributed by atoms with Crippen molar-refractivity contribution in [3.05, 3.63) is 71.2 Å². The Morgan fingerprint density at radius 3 is 1.12 bits per heavy atom. The van der Waals surface area contributed by atoms with Gasteiger partial charge in [0.25, 0.3) is 0 Å². The summed E-state index contributed by atoms with van der Waals surface area (Å²) in [6.45, 7) is 27.1. The van der Waals surface area contributed by atoms with Crippen LogP contribution < -0.4 is 0 Å². The Morgan fingerprint density at radius 2 is 0.900 bits per heavy atom. The van der Waals surface area contributed by atoms with Crippen molar-refractivity contribution in [2.75, 3.05) is 0 Å². The van der Waals surface area contributed by atoms with Crippen molar-refractivity contribution in [2.24, 2.45) is 0 Å². The van der Waals surface area contributed by atoms with E-state index in [1.165, 1.54) is 65.5 Å². The van der Waals surface area contributed by atoms with E-state index in [0.717, 1.165) is 0 Å². The first-order valence-electron chi connectivity index (χ1n) is 14.6. The van der Waals surface area contributed by atoms with Gasteiger partial charge in [0.05, 0.1) is 0 Å². The first-order chi connectivity index (χ1) is 17.7. The van der Waals surface area contributed by atoms with Crippen LogP contribution in [0, 0.1) is 7.43 Å². The van der Waals surface area contributed by atoms with E-state index in [2.05, 4.69) is 119 Å². The molecule has 0 N–H and O–H groups in total. The van der Waals surface area contributed by atoms with Crippen LogP contribution in [0.25, 0.3) is 16.3 Å². The maximum absolute atomic E-state index is 12.8. The summed E-state index contributed by atoms with van der Waals surface area (Å²) in [4.78, 5) is 0. The van der Waals surface area contributed by atoms with Crippen LogP contribution in [-0.4, -0.2) is 10.3 Å². The Kier molecular flexibility index (Phi) is 13.5. The van der Waals surface area contributed by atoms with E-state index in [0.29, 0.717) is 0 Å². The second-order valence-corrected chi connectivity index (χ2v) is 22.5. The fraction of sp³-hybridized carbons (Fsp3) is 0.629. The maximum atomic E-state index is 12.8. The Hall–Kier alpha value is -0.0357. The third kappa shape index (κ3) is 8.32. The molecule has 0 radical (unpaired) electrons. The van der Waals surface area contributed by atoms with Crippen LogP contribution in [0.15, 0.2) is 36.4 Å². The van der Waals surface area contributed by atoms with E-state index >= 15 is 0 Å². The molecule has 0 aromatic heterocycles. The molecule has 2 aliphatic carbocycles. The number of rotatable bonds is 1. The monoisotopic (exact) mass is 639 g/mol. The molecule has 0 saturated heterocycles. The third-order valence-electron chi connectivity index (χ3n) is 8.38. The van der Waals surface area contributed by atoms with Crippen molar-refractivity contribution in [2.45, 2.75) is 142 Å². The van der Waals surface area contributed by atoms with E-state index in [1.807, 2.05) is 0 Å².